The Bertz CT molecular complexity index is 685. The minimum Gasteiger partial charge on any atom is -0.468 e. The van der Waals surface area contributed by atoms with E-state index in [9.17, 15) is 4.79 Å². The van der Waals surface area contributed by atoms with Crippen LogP contribution >= 0.6 is 11.3 Å². The number of ether oxygens (including phenoxy) is 1. The molecular formula is C16H16N2O2S. The average molecular weight is 300 g/mol. The lowest BCUT2D eigenvalue weighted by atomic mass is 9.90. The minimum atomic E-state index is -0.592. The van der Waals surface area contributed by atoms with Gasteiger partial charge in [-0.15, -0.1) is 11.3 Å². The van der Waals surface area contributed by atoms with Crippen molar-refractivity contribution in [1.82, 2.24) is 10.2 Å². The van der Waals surface area contributed by atoms with E-state index in [0.29, 0.717) is 6.54 Å². The quantitative estimate of drug-likeness (QED) is 0.922. The molecule has 21 heavy (non-hydrogen) atoms. The molecular weight excluding hydrogens is 284 g/mol. The summed E-state index contributed by atoms with van der Waals surface area (Å²) in [6.45, 7) is 2.58. The van der Waals surface area contributed by atoms with E-state index >= 15 is 0 Å². The van der Waals surface area contributed by atoms with Gasteiger partial charge in [0.05, 0.1) is 12.6 Å². The number of thiophene rings is 1. The molecule has 3 heterocycles. The Kier molecular flexibility index (Phi) is 2.72. The van der Waals surface area contributed by atoms with Crippen molar-refractivity contribution in [2.45, 2.75) is 31.7 Å². The van der Waals surface area contributed by atoms with Crippen LogP contribution in [-0.2, 0) is 6.54 Å². The van der Waals surface area contributed by atoms with Crippen molar-refractivity contribution in [3.8, 4) is 5.75 Å². The number of amides is 2. The molecule has 2 unspecified atom stereocenters. The molecule has 2 aliphatic heterocycles. The number of hydrogen-bond acceptors (Lipinski definition) is 3. The van der Waals surface area contributed by atoms with Gasteiger partial charge in [0.2, 0.25) is 0 Å². The Morgan fingerprint density at radius 3 is 3.05 bits per heavy atom. The molecule has 2 atom stereocenters. The highest BCUT2D eigenvalue weighted by Crippen LogP contribution is 2.44. The molecule has 1 aromatic carbocycles. The monoisotopic (exact) mass is 300 g/mol. The summed E-state index contributed by atoms with van der Waals surface area (Å²) < 4.78 is 6.19. The van der Waals surface area contributed by atoms with Crippen molar-refractivity contribution in [2.75, 3.05) is 0 Å². The van der Waals surface area contributed by atoms with Gasteiger partial charge in [-0.1, -0.05) is 24.3 Å². The van der Waals surface area contributed by atoms with Crippen LogP contribution in [0.2, 0.25) is 0 Å². The van der Waals surface area contributed by atoms with Crippen LogP contribution < -0.4 is 10.1 Å². The fraction of sp³-hybridized carbons (Fsp3) is 0.312. The summed E-state index contributed by atoms with van der Waals surface area (Å²) in [5, 5.41) is 5.13. The molecule has 2 aliphatic rings. The van der Waals surface area contributed by atoms with Gasteiger partial charge in [0.25, 0.3) is 0 Å². The van der Waals surface area contributed by atoms with E-state index in [0.717, 1.165) is 22.6 Å². The maximum Gasteiger partial charge on any atom is 0.321 e. The summed E-state index contributed by atoms with van der Waals surface area (Å²) in [6.07, 6.45) is 0.765. The van der Waals surface area contributed by atoms with Crippen molar-refractivity contribution in [3.05, 3.63) is 52.2 Å². The number of urea groups is 1. The van der Waals surface area contributed by atoms with Crippen molar-refractivity contribution < 1.29 is 9.53 Å². The molecule has 1 aromatic heterocycles. The highest BCUT2D eigenvalue weighted by atomic mass is 32.1. The van der Waals surface area contributed by atoms with Crippen LogP contribution in [0.3, 0.4) is 0 Å². The van der Waals surface area contributed by atoms with Crippen LogP contribution in [0, 0.1) is 0 Å². The first-order valence-corrected chi connectivity index (χ1v) is 7.92. The van der Waals surface area contributed by atoms with Crippen LogP contribution in [-0.4, -0.2) is 16.7 Å². The van der Waals surface area contributed by atoms with Crippen molar-refractivity contribution >= 4 is 17.4 Å². The molecule has 4 rings (SSSR count). The molecule has 0 spiro atoms. The van der Waals surface area contributed by atoms with Gasteiger partial charge in [0, 0.05) is 16.9 Å². The lowest BCUT2D eigenvalue weighted by Crippen LogP contribution is -2.64. The zero-order valence-electron chi connectivity index (χ0n) is 11.7. The molecule has 1 fully saturated rings. The third-order valence-electron chi connectivity index (χ3n) is 4.22. The summed E-state index contributed by atoms with van der Waals surface area (Å²) in [5.74, 6) is 0.868. The first-order valence-electron chi connectivity index (χ1n) is 7.04. The van der Waals surface area contributed by atoms with Crippen LogP contribution in [0.5, 0.6) is 5.75 Å². The number of nitrogens with zero attached hydrogens (tertiary/aromatic N) is 1. The number of hydrogen-bond donors (Lipinski definition) is 1. The smallest absolute Gasteiger partial charge is 0.321 e. The molecule has 2 amide bonds. The predicted molar refractivity (Wildman–Crippen MR) is 81.2 cm³/mol. The number of carbonyl (C=O) groups is 1. The van der Waals surface area contributed by atoms with Gasteiger partial charge in [0.15, 0.2) is 5.72 Å². The van der Waals surface area contributed by atoms with E-state index in [4.69, 9.17) is 4.74 Å². The Morgan fingerprint density at radius 2 is 2.24 bits per heavy atom. The normalized spacial score (nSPS) is 26.8. The molecule has 1 saturated heterocycles. The van der Waals surface area contributed by atoms with Gasteiger partial charge in [-0.2, -0.15) is 0 Å². The number of carbonyl (C=O) groups excluding carboxylic acids is 1. The van der Waals surface area contributed by atoms with Gasteiger partial charge < -0.3 is 10.1 Å². The Labute approximate surface area is 127 Å². The van der Waals surface area contributed by atoms with E-state index in [1.807, 2.05) is 48.7 Å². The SMILES string of the molecule is CC12CC(NC(=O)N1Cc1cccs1)c1ccccc1O2. The van der Waals surface area contributed by atoms with Gasteiger partial charge in [0.1, 0.15) is 5.75 Å². The van der Waals surface area contributed by atoms with Crippen molar-refractivity contribution in [3.63, 3.8) is 0 Å². The fourth-order valence-corrected chi connectivity index (χ4v) is 3.85. The van der Waals surface area contributed by atoms with Crippen LogP contribution in [0.1, 0.15) is 29.8 Å². The average Bonchev–Trinajstić information content (AvgIpc) is 2.96. The second-order valence-corrected chi connectivity index (χ2v) is 6.72. The maximum absolute atomic E-state index is 12.5. The molecule has 4 nitrogen and oxygen atoms in total. The van der Waals surface area contributed by atoms with Crippen molar-refractivity contribution in [1.29, 1.82) is 0 Å². The van der Waals surface area contributed by atoms with Gasteiger partial charge in [-0.05, 0) is 24.4 Å². The van der Waals surface area contributed by atoms with E-state index < -0.39 is 5.72 Å². The number of rotatable bonds is 2. The van der Waals surface area contributed by atoms with Crippen molar-refractivity contribution in [2.24, 2.45) is 0 Å². The second-order valence-electron chi connectivity index (χ2n) is 5.69. The maximum atomic E-state index is 12.5. The summed E-state index contributed by atoms with van der Waals surface area (Å²) >= 11 is 1.66. The topological polar surface area (TPSA) is 41.6 Å². The molecule has 5 heteroatoms. The first-order chi connectivity index (χ1) is 10.2. The van der Waals surface area contributed by atoms with E-state index in [-0.39, 0.29) is 12.1 Å². The molecule has 108 valence electrons. The Balaban J connectivity index is 1.71. The lowest BCUT2D eigenvalue weighted by molar-refractivity contribution is -0.0875. The predicted octanol–water partition coefficient (Wildman–Crippen LogP) is 3.51. The van der Waals surface area contributed by atoms with Gasteiger partial charge in [-0.3, -0.25) is 4.90 Å². The van der Waals surface area contributed by atoms with Gasteiger partial charge >= 0.3 is 6.03 Å². The summed E-state index contributed by atoms with van der Waals surface area (Å²) in [7, 11) is 0. The largest absolute Gasteiger partial charge is 0.468 e. The third-order valence-corrected chi connectivity index (χ3v) is 5.08. The van der Waals surface area contributed by atoms with Crippen LogP contribution in [0.25, 0.3) is 0 Å². The molecule has 0 radical (unpaired) electrons. The fourth-order valence-electron chi connectivity index (χ4n) is 3.16. The highest BCUT2D eigenvalue weighted by Gasteiger charge is 2.48. The number of benzene rings is 1. The zero-order chi connectivity index (χ0) is 14.4. The minimum absolute atomic E-state index is 0.0343. The zero-order valence-corrected chi connectivity index (χ0v) is 12.5. The van der Waals surface area contributed by atoms with Crippen LogP contribution in [0.4, 0.5) is 4.79 Å². The number of fused-ring (bicyclic) bond motifs is 4. The molecule has 0 saturated carbocycles. The molecule has 0 aliphatic carbocycles. The second kappa shape index (κ2) is 4.49. The van der Waals surface area contributed by atoms with E-state index in [1.165, 1.54) is 0 Å². The van der Waals surface area contributed by atoms with E-state index in [1.54, 1.807) is 16.2 Å². The number of nitrogens with one attached hydrogen (secondary N) is 1. The molecule has 1 N–H and O–H groups in total. The third kappa shape index (κ3) is 2.00. The summed E-state index contributed by atoms with van der Waals surface area (Å²) in [6, 6.07) is 12.0. The van der Waals surface area contributed by atoms with Gasteiger partial charge in [-0.25, -0.2) is 4.79 Å². The number of para-hydroxylation sites is 1. The Hall–Kier alpha value is -2.01. The van der Waals surface area contributed by atoms with E-state index in [2.05, 4.69) is 5.32 Å². The standard InChI is InChI=1S/C16H16N2O2S/c1-16-9-13(12-6-2-3-7-14(12)20-16)17-15(19)18(16)10-11-5-4-8-21-11/h2-8,13H,9-10H2,1H3,(H,17,19). The summed E-state index contributed by atoms with van der Waals surface area (Å²) in [4.78, 5) is 15.4. The molecule has 2 bridgehead atoms. The summed E-state index contributed by atoms with van der Waals surface area (Å²) in [5.41, 5.74) is 0.477. The highest BCUT2D eigenvalue weighted by molar-refractivity contribution is 7.09. The molecule has 2 aromatic rings. The first kappa shape index (κ1) is 12.7. The lowest BCUT2D eigenvalue weighted by Gasteiger charge is -2.50. The Morgan fingerprint density at radius 1 is 1.38 bits per heavy atom. The van der Waals surface area contributed by atoms with Crippen LogP contribution in [0.15, 0.2) is 41.8 Å².